The molecule has 130 valence electrons. The molecule has 0 aliphatic rings. The molecule has 2 N–H and O–H groups in total. The number of hydrogen-bond donors (Lipinski definition) is 2. The Kier molecular flexibility index (Phi) is 9.64. The molecule has 6 heteroatoms. The van der Waals surface area contributed by atoms with Crippen LogP contribution in [0.25, 0.3) is 0 Å². The molecular formula is C18H22BrClN2O2. The Bertz CT molecular complexity index is 608. The van der Waals surface area contributed by atoms with Crippen LogP contribution in [0.15, 0.2) is 59.1 Å². The van der Waals surface area contributed by atoms with Gasteiger partial charge in [0, 0.05) is 18.1 Å². The number of rotatable bonds is 8. The first kappa shape index (κ1) is 20.6. The molecule has 1 amide bonds. The molecule has 2 aromatic rings. The minimum Gasteiger partial charge on any atom is -0.383 e. The van der Waals surface area contributed by atoms with Crippen LogP contribution in [0.2, 0.25) is 0 Å². The quantitative estimate of drug-likeness (QED) is 0.653. The van der Waals surface area contributed by atoms with Gasteiger partial charge >= 0.3 is 0 Å². The Morgan fingerprint density at radius 1 is 1.08 bits per heavy atom. The molecule has 0 heterocycles. The first-order chi connectivity index (χ1) is 11.2. The van der Waals surface area contributed by atoms with Gasteiger partial charge in [-0.05, 0) is 23.3 Å². The van der Waals surface area contributed by atoms with Gasteiger partial charge in [-0.15, -0.1) is 12.4 Å². The van der Waals surface area contributed by atoms with Crippen molar-refractivity contribution in [2.24, 2.45) is 0 Å². The molecule has 2 aromatic carbocycles. The molecule has 0 aliphatic carbocycles. The molecular weight excluding hydrogens is 392 g/mol. The van der Waals surface area contributed by atoms with E-state index in [-0.39, 0.29) is 30.9 Å². The van der Waals surface area contributed by atoms with Gasteiger partial charge in [-0.25, -0.2) is 0 Å². The van der Waals surface area contributed by atoms with Gasteiger partial charge in [0.15, 0.2) is 0 Å². The average Bonchev–Trinajstić information content (AvgIpc) is 2.58. The third kappa shape index (κ3) is 6.61. The van der Waals surface area contributed by atoms with Gasteiger partial charge in [0.25, 0.3) is 0 Å². The second-order valence-electron chi connectivity index (χ2n) is 5.13. The Morgan fingerprint density at radius 2 is 1.71 bits per heavy atom. The Morgan fingerprint density at radius 3 is 2.33 bits per heavy atom. The van der Waals surface area contributed by atoms with Gasteiger partial charge in [-0.2, -0.15) is 0 Å². The van der Waals surface area contributed by atoms with E-state index >= 15 is 0 Å². The third-order valence-corrected chi connectivity index (χ3v) is 3.94. The predicted molar refractivity (Wildman–Crippen MR) is 103 cm³/mol. The van der Waals surface area contributed by atoms with Crippen LogP contribution in [-0.2, 0) is 9.53 Å². The number of nitrogens with one attached hydrogen (secondary N) is 2. The van der Waals surface area contributed by atoms with Crippen LogP contribution in [0.1, 0.15) is 17.2 Å². The standard InChI is InChI=1S/C18H21BrN2O2.ClH/c1-23-12-11-20-13-17(22)21-18(14-5-3-2-4-6-14)15-7-9-16(19)10-8-15;/h2-10,18,20H,11-13H2,1H3,(H,21,22);1H. The lowest BCUT2D eigenvalue weighted by atomic mass is 9.99. The zero-order chi connectivity index (χ0) is 16.5. The molecule has 2 rings (SSSR count). The van der Waals surface area contributed by atoms with Gasteiger partial charge in [-0.1, -0.05) is 58.4 Å². The van der Waals surface area contributed by atoms with Crippen molar-refractivity contribution < 1.29 is 9.53 Å². The summed E-state index contributed by atoms with van der Waals surface area (Å²) in [5, 5.41) is 6.15. The van der Waals surface area contributed by atoms with Crippen LogP contribution in [-0.4, -0.2) is 32.7 Å². The highest BCUT2D eigenvalue weighted by Crippen LogP contribution is 2.23. The zero-order valence-electron chi connectivity index (χ0n) is 13.5. The fraction of sp³-hybridized carbons (Fsp3) is 0.278. The van der Waals surface area contributed by atoms with E-state index in [1.54, 1.807) is 7.11 Å². The molecule has 1 atom stereocenters. The van der Waals surface area contributed by atoms with Crippen molar-refractivity contribution in [2.45, 2.75) is 6.04 Å². The molecule has 0 bridgehead atoms. The lowest BCUT2D eigenvalue weighted by molar-refractivity contribution is -0.120. The minimum atomic E-state index is -0.166. The zero-order valence-corrected chi connectivity index (χ0v) is 15.9. The van der Waals surface area contributed by atoms with Crippen LogP contribution >= 0.6 is 28.3 Å². The van der Waals surface area contributed by atoms with Crippen LogP contribution in [0.5, 0.6) is 0 Å². The van der Waals surface area contributed by atoms with Crippen molar-refractivity contribution in [1.82, 2.24) is 10.6 Å². The molecule has 0 aliphatic heterocycles. The average molecular weight is 414 g/mol. The van der Waals surface area contributed by atoms with Gasteiger partial charge < -0.3 is 15.4 Å². The summed E-state index contributed by atoms with van der Waals surface area (Å²) in [4.78, 5) is 12.2. The fourth-order valence-corrected chi connectivity index (χ4v) is 2.51. The van der Waals surface area contributed by atoms with E-state index in [4.69, 9.17) is 4.74 Å². The smallest absolute Gasteiger partial charge is 0.234 e. The summed E-state index contributed by atoms with van der Waals surface area (Å²) >= 11 is 3.44. The summed E-state index contributed by atoms with van der Waals surface area (Å²) < 4.78 is 5.97. The van der Waals surface area contributed by atoms with E-state index in [0.717, 1.165) is 15.6 Å². The third-order valence-electron chi connectivity index (χ3n) is 3.41. The van der Waals surface area contributed by atoms with Crippen molar-refractivity contribution in [3.05, 3.63) is 70.2 Å². The largest absolute Gasteiger partial charge is 0.383 e. The van der Waals surface area contributed by atoms with Gasteiger partial charge in [0.1, 0.15) is 0 Å². The van der Waals surface area contributed by atoms with E-state index in [1.165, 1.54) is 0 Å². The number of methoxy groups -OCH3 is 1. The lowest BCUT2D eigenvalue weighted by Gasteiger charge is -2.20. The fourth-order valence-electron chi connectivity index (χ4n) is 2.25. The molecule has 0 radical (unpaired) electrons. The Hall–Kier alpha value is -1.40. The van der Waals surface area contributed by atoms with E-state index in [9.17, 15) is 4.79 Å². The number of amides is 1. The topological polar surface area (TPSA) is 50.4 Å². The van der Waals surface area contributed by atoms with Crippen molar-refractivity contribution in [1.29, 1.82) is 0 Å². The second kappa shape index (κ2) is 11.2. The minimum absolute atomic E-state index is 0. The van der Waals surface area contributed by atoms with Gasteiger partial charge in [0.05, 0.1) is 19.2 Å². The maximum Gasteiger partial charge on any atom is 0.234 e. The summed E-state index contributed by atoms with van der Waals surface area (Å²) in [5.41, 5.74) is 2.10. The highest BCUT2D eigenvalue weighted by atomic mass is 79.9. The van der Waals surface area contributed by atoms with Crippen molar-refractivity contribution >= 4 is 34.2 Å². The van der Waals surface area contributed by atoms with E-state index in [0.29, 0.717) is 13.2 Å². The summed E-state index contributed by atoms with van der Waals surface area (Å²) in [6, 6.07) is 17.8. The molecule has 1 unspecified atom stereocenters. The lowest BCUT2D eigenvalue weighted by Crippen LogP contribution is -2.37. The van der Waals surface area contributed by atoms with Crippen LogP contribution in [0, 0.1) is 0 Å². The van der Waals surface area contributed by atoms with E-state index in [2.05, 4.69) is 26.6 Å². The van der Waals surface area contributed by atoms with Gasteiger partial charge in [0.2, 0.25) is 5.91 Å². The Balaban J connectivity index is 0.00000288. The molecule has 4 nitrogen and oxygen atoms in total. The van der Waals surface area contributed by atoms with Crippen molar-refractivity contribution in [2.75, 3.05) is 26.8 Å². The van der Waals surface area contributed by atoms with Crippen molar-refractivity contribution in [3.8, 4) is 0 Å². The molecule has 0 saturated carbocycles. The van der Waals surface area contributed by atoms with E-state index < -0.39 is 0 Å². The SMILES string of the molecule is COCCNCC(=O)NC(c1ccccc1)c1ccc(Br)cc1.Cl. The maximum absolute atomic E-state index is 12.2. The monoisotopic (exact) mass is 412 g/mol. The first-order valence-corrected chi connectivity index (χ1v) is 8.29. The number of hydrogen-bond acceptors (Lipinski definition) is 3. The van der Waals surface area contributed by atoms with Crippen LogP contribution in [0.4, 0.5) is 0 Å². The first-order valence-electron chi connectivity index (χ1n) is 7.50. The van der Waals surface area contributed by atoms with Gasteiger partial charge in [-0.3, -0.25) is 4.79 Å². The highest BCUT2D eigenvalue weighted by molar-refractivity contribution is 9.10. The maximum atomic E-state index is 12.2. The number of halogens is 2. The molecule has 0 saturated heterocycles. The molecule has 0 fully saturated rings. The summed E-state index contributed by atoms with van der Waals surface area (Å²) in [5.74, 6) is -0.0436. The highest BCUT2D eigenvalue weighted by Gasteiger charge is 2.16. The van der Waals surface area contributed by atoms with E-state index in [1.807, 2.05) is 54.6 Å². The van der Waals surface area contributed by atoms with Crippen LogP contribution in [0.3, 0.4) is 0 Å². The normalized spacial score (nSPS) is 11.4. The Labute approximate surface area is 157 Å². The summed E-state index contributed by atoms with van der Waals surface area (Å²) in [6.45, 7) is 1.50. The second-order valence-corrected chi connectivity index (χ2v) is 6.05. The molecule has 0 aromatic heterocycles. The molecule has 24 heavy (non-hydrogen) atoms. The summed E-state index contributed by atoms with van der Waals surface area (Å²) in [6.07, 6.45) is 0. The summed E-state index contributed by atoms with van der Waals surface area (Å²) in [7, 11) is 1.64. The number of carbonyl (C=O) groups excluding carboxylic acids is 1. The predicted octanol–water partition coefficient (Wildman–Crippen LogP) is 3.31. The number of benzene rings is 2. The molecule has 0 spiro atoms. The number of ether oxygens (including phenoxy) is 1. The number of carbonyl (C=O) groups is 1. The van der Waals surface area contributed by atoms with Crippen LogP contribution < -0.4 is 10.6 Å². The van der Waals surface area contributed by atoms with Crippen molar-refractivity contribution in [3.63, 3.8) is 0 Å².